The number of hydrogen-bond donors (Lipinski definition) is 2. The molecule has 1 unspecified atom stereocenters. The molecule has 0 aliphatic carbocycles. The molecule has 0 saturated carbocycles. The number of carboxylic acid groups (broad SMARTS) is 1. The summed E-state index contributed by atoms with van der Waals surface area (Å²) in [4.78, 5) is 24.2. The van der Waals surface area contributed by atoms with Gasteiger partial charge < -0.3 is 19.9 Å². The largest absolute Gasteiger partial charge is 0.490 e. The third-order valence-corrected chi connectivity index (χ3v) is 4.97. The fraction of sp³-hybridized carbons (Fsp3) is 0.364. The van der Waals surface area contributed by atoms with E-state index in [0.717, 1.165) is 24.0 Å². The number of benzene rings is 2. The van der Waals surface area contributed by atoms with E-state index in [9.17, 15) is 14.7 Å². The lowest BCUT2D eigenvalue weighted by Crippen LogP contribution is -2.33. The van der Waals surface area contributed by atoms with Crippen molar-refractivity contribution in [2.75, 3.05) is 13.2 Å². The lowest BCUT2D eigenvalue weighted by atomic mass is 10.0. The van der Waals surface area contributed by atoms with Gasteiger partial charge in [-0.3, -0.25) is 4.79 Å². The summed E-state index contributed by atoms with van der Waals surface area (Å²) in [5.41, 5.74) is 2.98. The molecule has 1 amide bonds. The highest BCUT2D eigenvalue weighted by Crippen LogP contribution is 2.21. The summed E-state index contributed by atoms with van der Waals surface area (Å²) in [6, 6.07) is 11.0. The normalized spacial score (nSPS) is 15.6. The molecule has 1 saturated heterocycles. The van der Waals surface area contributed by atoms with Crippen LogP contribution < -0.4 is 10.1 Å². The monoisotopic (exact) mass is 383 g/mol. The SMILES string of the molecule is Cc1ccc(C(NC(=O)c2ccc(OC3CCOCC3)cc2)C(=O)O)cc1C. The molecule has 28 heavy (non-hydrogen) atoms. The summed E-state index contributed by atoms with van der Waals surface area (Å²) in [5.74, 6) is -0.855. The molecule has 0 bridgehead atoms. The van der Waals surface area contributed by atoms with Gasteiger partial charge in [0.15, 0.2) is 6.04 Å². The molecule has 0 spiro atoms. The van der Waals surface area contributed by atoms with Crippen molar-refractivity contribution in [2.24, 2.45) is 0 Å². The Labute approximate surface area is 164 Å². The zero-order valence-corrected chi connectivity index (χ0v) is 16.1. The first kappa shape index (κ1) is 19.9. The third kappa shape index (κ3) is 4.89. The van der Waals surface area contributed by atoms with Crippen molar-refractivity contribution < 1.29 is 24.2 Å². The number of carboxylic acids is 1. The Morgan fingerprint density at radius 3 is 2.36 bits per heavy atom. The number of hydrogen-bond acceptors (Lipinski definition) is 4. The van der Waals surface area contributed by atoms with Gasteiger partial charge in [0.25, 0.3) is 5.91 Å². The molecule has 1 heterocycles. The number of carbonyl (C=O) groups excluding carboxylic acids is 1. The van der Waals surface area contributed by atoms with E-state index in [1.54, 1.807) is 36.4 Å². The van der Waals surface area contributed by atoms with Gasteiger partial charge in [0, 0.05) is 18.4 Å². The van der Waals surface area contributed by atoms with Crippen molar-refractivity contribution in [3.63, 3.8) is 0 Å². The Balaban J connectivity index is 1.67. The first-order valence-corrected chi connectivity index (χ1v) is 9.39. The Hall–Kier alpha value is -2.86. The fourth-order valence-electron chi connectivity index (χ4n) is 3.12. The van der Waals surface area contributed by atoms with Crippen LogP contribution in [0.3, 0.4) is 0 Å². The predicted octanol–water partition coefficient (Wildman–Crippen LogP) is 3.42. The molecular formula is C22H25NO5. The lowest BCUT2D eigenvalue weighted by Gasteiger charge is -2.23. The minimum Gasteiger partial charge on any atom is -0.490 e. The van der Waals surface area contributed by atoms with E-state index in [1.165, 1.54) is 0 Å². The number of aryl methyl sites for hydroxylation is 2. The second-order valence-electron chi connectivity index (χ2n) is 7.04. The van der Waals surface area contributed by atoms with Crippen molar-refractivity contribution in [2.45, 2.75) is 38.8 Å². The second-order valence-corrected chi connectivity index (χ2v) is 7.04. The van der Waals surface area contributed by atoms with Gasteiger partial charge in [0.1, 0.15) is 11.9 Å². The average Bonchev–Trinajstić information content (AvgIpc) is 2.69. The number of aliphatic carboxylic acids is 1. The van der Waals surface area contributed by atoms with E-state index >= 15 is 0 Å². The molecule has 6 heteroatoms. The van der Waals surface area contributed by atoms with Crippen LogP contribution in [0, 0.1) is 13.8 Å². The smallest absolute Gasteiger partial charge is 0.330 e. The first-order chi connectivity index (χ1) is 13.4. The molecule has 1 aliphatic heterocycles. The maximum atomic E-state index is 12.6. The van der Waals surface area contributed by atoms with E-state index in [0.29, 0.717) is 30.1 Å². The van der Waals surface area contributed by atoms with Crippen molar-refractivity contribution in [1.29, 1.82) is 0 Å². The highest BCUT2D eigenvalue weighted by atomic mass is 16.5. The van der Waals surface area contributed by atoms with E-state index in [2.05, 4.69) is 5.32 Å². The molecule has 0 radical (unpaired) electrons. The molecule has 0 aromatic heterocycles. The maximum Gasteiger partial charge on any atom is 0.330 e. The maximum absolute atomic E-state index is 12.6. The number of ether oxygens (including phenoxy) is 2. The van der Waals surface area contributed by atoms with E-state index < -0.39 is 17.9 Å². The summed E-state index contributed by atoms with van der Waals surface area (Å²) in [5, 5.41) is 12.2. The van der Waals surface area contributed by atoms with Crippen LogP contribution in [-0.4, -0.2) is 36.3 Å². The average molecular weight is 383 g/mol. The third-order valence-electron chi connectivity index (χ3n) is 4.97. The number of nitrogens with one attached hydrogen (secondary N) is 1. The lowest BCUT2D eigenvalue weighted by molar-refractivity contribution is -0.139. The second kappa shape index (κ2) is 8.89. The molecule has 1 fully saturated rings. The molecule has 1 aliphatic rings. The summed E-state index contributed by atoms with van der Waals surface area (Å²) >= 11 is 0. The molecule has 2 aromatic carbocycles. The van der Waals surface area contributed by atoms with Crippen molar-refractivity contribution in [1.82, 2.24) is 5.32 Å². The molecule has 1 atom stereocenters. The highest BCUT2D eigenvalue weighted by Gasteiger charge is 2.23. The van der Waals surface area contributed by atoms with Gasteiger partial charge in [-0.25, -0.2) is 4.79 Å². The van der Waals surface area contributed by atoms with Gasteiger partial charge in [-0.1, -0.05) is 18.2 Å². The number of amides is 1. The number of carbonyl (C=O) groups is 2. The standard InChI is InChI=1S/C22H25NO5/c1-14-3-4-17(13-15(14)2)20(22(25)26)23-21(24)16-5-7-18(8-6-16)28-19-9-11-27-12-10-19/h3-8,13,19-20H,9-12H2,1-2H3,(H,23,24)(H,25,26). The molecule has 2 N–H and O–H groups in total. The van der Waals surface area contributed by atoms with Gasteiger partial charge in [-0.2, -0.15) is 0 Å². The summed E-state index contributed by atoms with van der Waals surface area (Å²) in [7, 11) is 0. The molecular weight excluding hydrogens is 358 g/mol. The summed E-state index contributed by atoms with van der Waals surface area (Å²) in [6.45, 7) is 5.26. The van der Waals surface area contributed by atoms with Gasteiger partial charge >= 0.3 is 5.97 Å². The van der Waals surface area contributed by atoms with E-state index in [1.807, 2.05) is 19.9 Å². The Morgan fingerprint density at radius 2 is 1.75 bits per heavy atom. The minimum atomic E-state index is -1.11. The Morgan fingerprint density at radius 1 is 1.07 bits per heavy atom. The van der Waals surface area contributed by atoms with Crippen LogP contribution >= 0.6 is 0 Å². The minimum absolute atomic E-state index is 0.120. The molecule has 6 nitrogen and oxygen atoms in total. The topological polar surface area (TPSA) is 84.9 Å². The summed E-state index contributed by atoms with van der Waals surface area (Å²) < 4.78 is 11.2. The fourth-order valence-corrected chi connectivity index (χ4v) is 3.12. The van der Waals surface area contributed by atoms with Crippen LogP contribution in [0.25, 0.3) is 0 Å². The Bertz CT molecular complexity index is 841. The van der Waals surface area contributed by atoms with Crippen LogP contribution in [0.5, 0.6) is 5.75 Å². The van der Waals surface area contributed by atoms with Crippen LogP contribution in [-0.2, 0) is 9.53 Å². The number of rotatable bonds is 6. The molecule has 3 rings (SSSR count). The quantitative estimate of drug-likeness (QED) is 0.798. The van der Waals surface area contributed by atoms with Gasteiger partial charge in [-0.05, 0) is 54.8 Å². The van der Waals surface area contributed by atoms with E-state index in [-0.39, 0.29) is 6.10 Å². The zero-order valence-electron chi connectivity index (χ0n) is 16.1. The van der Waals surface area contributed by atoms with E-state index in [4.69, 9.17) is 9.47 Å². The van der Waals surface area contributed by atoms with Gasteiger partial charge in [-0.15, -0.1) is 0 Å². The van der Waals surface area contributed by atoms with Crippen LogP contribution in [0.4, 0.5) is 0 Å². The first-order valence-electron chi connectivity index (χ1n) is 9.39. The van der Waals surface area contributed by atoms with Crippen LogP contribution in [0.15, 0.2) is 42.5 Å². The molecule has 148 valence electrons. The van der Waals surface area contributed by atoms with Crippen molar-refractivity contribution >= 4 is 11.9 Å². The predicted molar refractivity (Wildman–Crippen MR) is 105 cm³/mol. The highest BCUT2D eigenvalue weighted by molar-refractivity contribution is 5.96. The van der Waals surface area contributed by atoms with Gasteiger partial charge in [0.2, 0.25) is 0 Å². The van der Waals surface area contributed by atoms with Crippen molar-refractivity contribution in [3.8, 4) is 5.75 Å². The molecule has 2 aromatic rings. The van der Waals surface area contributed by atoms with Gasteiger partial charge in [0.05, 0.1) is 13.2 Å². The van der Waals surface area contributed by atoms with Crippen molar-refractivity contribution in [3.05, 3.63) is 64.7 Å². The van der Waals surface area contributed by atoms with Crippen LogP contribution in [0.2, 0.25) is 0 Å². The van der Waals surface area contributed by atoms with Crippen LogP contribution in [0.1, 0.15) is 45.9 Å². The summed E-state index contributed by atoms with van der Waals surface area (Å²) in [6.07, 6.45) is 1.81. The zero-order chi connectivity index (χ0) is 20.1. The Kier molecular flexibility index (Phi) is 6.31.